The van der Waals surface area contributed by atoms with Crippen molar-refractivity contribution < 1.29 is 4.79 Å². The van der Waals surface area contributed by atoms with Crippen LogP contribution in [-0.2, 0) is 4.79 Å². The first kappa shape index (κ1) is 32.6. The SMILES string of the molecule is C=C(C)CC1CCCC1.C=C/C=C(\N=C(C)Nc1ccc(N(CCC)CCC)cc1)c1ccc(NC(C)=O)cc1. The molecule has 0 radical (unpaired) electrons. The first-order valence-corrected chi connectivity index (χ1v) is 14.8. The van der Waals surface area contributed by atoms with Crippen LogP contribution >= 0.6 is 0 Å². The van der Waals surface area contributed by atoms with Gasteiger partial charge < -0.3 is 15.5 Å². The summed E-state index contributed by atoms with van der Waals surface area (Å²) < 4.78 is 0. The molecule has 3 rings (SSSR count). The van der Waals surface area contributed by atoms with Gasteiger partial charge in [-0.1, -0.05) is 69.9 Å². The van der Waals surface area contributed by atoms with E-state index < -0.39 is 0 Å². The van der Waals surface area contributed by atoms with E-state index in [0.29, 0.717) is 0 Å². The maximum atomic E-state index is 11.2. The molecule has 0 atom stereocenters. The van der Waals surface area contributed by atoms with Crippen molar-refractivity contribution in [2.75, 3.05) is 28.6 Å². The number of hydrogen-bond donors (Lipinski definition) is 2. The van der Waals surface area contributed by atoms with E-state index in [1.54, 1.807) is 6.08 Å². The van der Waals surface area contributed by atoms with Crippen molar-refractivity contribution >= 4 is 34.5 Å². The molecule has 2 aromatic rings. The van der Waals surface area contributed by atoms with Crippen LogP contribution in [-0.4, -0.2) is 24.8 Å². The largest absolute Gasteiger partial charge is 0.372 e. The minimum atomic E-state index is -0.0915. The van der Waals surface area contributed by atoms with Crippen molar-refractivity contribution in [3.05, 3.63) is 85.0 Å². The van der Waals surface area contributed by atoms with E-state index in [2.05, 4.69) is 73.7 Å². The Labute approximate surface area is 243 Å². The molecule has 2 N–H and O–H groups in total. The van der Waals surface area contributed by atoms with Crippen LogP contribution in [0.15, 0.2) is 84.4 Å². The molecular weight excluding hydrogens is 492 g/mol. The lowest BCUT2D eigenvalue weighted by atomic mass is 10.0. The standard InChI is InChI=1S/C26H34N4O.C9H16/c1-6-9-26(22-10-12-24(13-11-22)29-21(5)31)28-20(4)27-23-14-16-25(17-15-23)30(18-7-2)19-8-3;1-8(2)7-9-5-3-4-6-9/h6,9-17H,1,7-8,18-19H2,2-5H3,(H,27,28)(H,29,31);9H,1,3-7H2,2H3/b26-9-;. The zero-order chi connectivity index (χ0) is 29.3. The Morgan fingerprint density at radius 1 is 0.925 bits per heavy atom. The molecule has 1 amide bonds. The van der Waals surface area contributed by atoms with E-state index >= 15 is 0 Å². The summed E-state index contributed by atoms with van der Waals surface area (Å²) in [4.78, 5) is 18.4. The Morgan fingerprint density at radius 2 is 1.48 bits per heavy atom. The van der Waals surface area contributed by atoms with Gasteiger partial charge in [-0.05, 0) is 81.5 Å². The van der Waals surface area contributed by atoms with Gasteiger partial charge in [0.2, 0.25) is 5.91 Å². The quantitative estimate of drug-likeness (QED) is 0.121. The van der Waals surface area contributed by atoms with E-state index in [4.69, 9.17) is 4.99 Å². The van der Waals surface area contributed by atoms with Crippen LogP contribution in [0.25, 0.3) is 5.70 Å². The summed E-state index contributed by atoms with van der Waals surface area (Å²) in [6, 6.07) is 16.1. The minimum absolute atomic E-state index is 0.0915. The van der Waals surface area contributed by atoms with Gasteiger partial charge in [-0.15, -0.1) is 6.58 Å². The Balaban J connectivity index is 0.000000526. The van der Waals surface area contributed by atoms with Crippen LogP contribution < -0.4 is 15.5 Å². The number of carbonyl (C=O) groups is 1. The van der Waals surface area contributed by atoms with Crippen molar-refractivity contribution in [1.29, 1.82) is 0 Å². The number of anilines is 3. The highest BCUT2D eigenvalue weighted by Gasteiger charge is 2.14. The van der Waals surface area contributed by atoms with Gasteiger partial charge in [0.1, 0.15) is 5.84 Å². The average molecular weight is 543 g/mol. The maximum absolute atomic E-state index is 11.2. The highest BCUT2D eigenvalue weighted by atomic mass is 16.1. The second kappa shape index (κ2) is 17.9. The second-order valence-corrected chi connectivity index (χ2v) is 10.7. The Bertz CT molecular complexity index is 1120. The van der Waals surface area contributed by atoms with Crippen LogP contribution in [0.3, 0.4) is 0 Å². The molecule has 1 aliphatic carbocycles. The summed E-state index contributed by atoms with van der Waals surface area (Å²) in [5, 5.41) is 6.14. The van der Waals surface area contributed by atoms with Gasteiger partial charge in [0.15, 0.2) is 0 Å². The van der Waals surface area contributed by atoms with Crippen molar-refractivity contribution in [3.63, 3.8) is 0 Å². The molecule has 5 nitrogen and oxygen atoms in total. The molecule has 1 aliphatic rings. The van der Waals surface area contributed by atoms with Gasteiger partial charge in [0, 0.05) is 42.6 Å². The number of allylic oxidation sites excluding steroid dienone is 3. The zero-order valence-corrected chi connectivity index (χ0v) is 25.4. The number of aliphatic imine (C=N–C) groups is 1. The summed E-state index contributed by atoms with van der Waals surface area (Å²) in [6.45, 7) is 19.8. The predicted molar refractivity (Wildman–Crippen MR) is 176 cm³/mol. The van der Waals surface area contributed by atoms with Crippen molar-refractivity contribution in [1.82, 2.24) is 0 Å². The van der Waals surface area contributed by atoms with Crippen LogP contribution in [0.5, 0.6) is 0 Å². The fourth-order valence-corrected chi connectivity index (χ4v) is 5.03. The average Bonchev–Trinajstić information content (AvgIpc) is 3.42. The topological polar surface area (TPSA) is 56.7 Å². The molecule has 0 aliphatic heterocycles. The lowest BCUT2D eigenvalue weighted by Crippen LogP contribution is -2.24. The molecular formula is C35H50N4O. The number of benzene rings is 2. The van der Waals surface area contributed by atoms with E-state index in [1.165, 1.54) is 50.3 Å². The zero-order valence-electron chi connectivity index (χ0n) is 25.4. The fourth-order valence-electron chi connectivity index (χ4n) is 5.03. The van der Waals surface area contributed by atoms with Gasteiger partial charge in [0.25, 0.3) is 0 Å². The van der Waals surface area contributed by atoms with E-state index in [-0.39, 0.29) is 5.91 Å². The summed E-state index contributed by atoms with van der Waals surface area (Å²) in [6.07, 6.45) is 13.0. The number of carbonyl (C=O) groups excluding carboxylic acids is 1. The molecule has 5 heteroatoms. The number of nitrogens with one attached hydrogen (secondary N) is 2. The molecule has 0 saturated heterocycles. The number of rotatable bonds is 12. The number of amidine groups is 1. The van der Waals surface area contributed by atoms with E-state index in [9.17, 15) is 4.79 Å². The number of nitrogens with zero attached hydrogens (tertiary/aromatic N) is 2. The lowest BCUT2D eigenvalue weighted by Gasteiger charge is -2.24. The molecule has 0 unspecified atom stereocenters. The van der Waals surface area contributed by atoms with Crippen LogP contribution in [0.4, 0.5) is 17.1 Å². The molecule has 0 heterocycles. The van der Waals surface area contributed by atoms with Crippen LogP contribution in [0.2, 0.25) is 0 Å². The number of hydrogen-bond acceptors (Lipinski definition) is 3. The van der Waals surface area contributed by atoms with Crippen LogP contribution in [0.1, 0.15) is 85.1 Å². The lowest BCUT2D eigenvalue weighted by molar-refractivity contribution is -0.114. The van der Waals surface area contributed by atoms with E-state index in [0.717, 1.165) is 60.3 Å². The summed E-state index contributed by atoms with van der Waals surface area (Å²) >= 11 is 0. The maximum Gasteiger partial charge on any atom is 0.221 e. The van der Waals surface area contributed by atoms with Gasteiger partial charge in [-0.25, -0.2) is 4.99 Å². The van der Waals surface area contributed by atoms with Gasteiger partial charge in [-0.2, -0.15) is 0 Å². The van der Waals surface area contributed by atoms with Crippen molar-refractivity contribution in [2.24, 2.45) is 10.9 Å². The normalized spacial score (nSPS) is 13.7. The fraction of sp³-hybridized carbons (Fsp3) is 0.429. The molecule has 1 saturated carbocycles. The molecule has 1 fully saturated rings. The molecule has 0 aromatic heterocycles. The first-order chi connectivity index (χ1) is 19.2. The Morgan fingerprint density at radius 3 is 1.98 bits per heavy atom. The van der Waals surface area contributed by atoms with Gasteiger partial charge >= 0.3 is 0 Å². The second-order valence-electron chi connectivity index (χ2n) is 10.7. The molecule has 0 spiro atoms. The van der Waals surface area contributed by atoms with Crippen LogP contribution in [0, 0.1) is 5.92 Å². The van der Waals surface area contributed by atoms with Crippen molar-refractivity contribution in [3.8, 4) is 0 Å². The Hall–Kier alpha value is -3.60. The van der Waals surface area contributed by atoms with Crippen molar-refractivity contribution in [2.45, 2.75) is 79.6 Å². The molecule has 40 heavy (non-hydrogen) atoms. The summed E-state index contributed by atoms with van der Waals surface area (Å²) in [5.41, 5.74) is 6.10. The molecule has 0 bridgehead atoms. The third kappa shape index (κ3) is 12.1. The van der Waals surface area contributed by atoms with Gasteiger partial charge in [0.05, 0.1) is 5.70 Å². The predicted octanol–water partition coefficient (Wildman–Crippen LogP) is 9.47. The number of amides is 1. The summed E-state index contributed by atoms with van der Waals surface area (Å²) in [7, 11) is 0. The van der Waals surface area contributed by atoms with Gasteiger partial charge in [-0.3, -0.25) is 4.79 Å². The Kier molecular flexibility index (Phi) is 14.6. The minimum Gasteiger partial charge on any atom is -0.372 e. The third-order valence-electron chi connectivity index (χ3n) is 6.72. The third-order valence-corrected chi connectivity index (χ3v) is 6.72. The molecule has 2 aromatic carbocycles. The highest BCUT2D eigenvalue weighted by Crippen LogP contribution is 2.29. The summed E-state index contributed by atoms with van der Waals surface area (Å²) in [5.74, 6) is 1.68. The highest BCUT2D eigenvalue weighted by molar-refractivity contribution is 5.97. The first-order valence-electron chi connectivity index (χ1n) is 14.8. The van der Waals surface area contributed by atoms with E-state index in [1.807, 2.05) is 37.3 Å². The molecule has 216 valence electrons. The smallest absolute Gasteiger partial charge is 0.221 e. The monoisotopic (exact) mass is 542 g/mol.